The summed E-state index contributed by atoms with van der Waals surface area (Å²) in [6, 6.07) is 0.927. The van der Waals surface area contributed by atoms with E-state index in [0.717, 1.165) is 23.6 Å². The molecule has 1 aliphatic carbocycles. The van der Waals surface area contributed by atoms with Crippen LogP contribution in [0.25, 0.3) is 0 Å². The van der Waals surface area contributed by atoms with Crippen molar-refractivity contribution in [3.63, 3.8) is 0 Å². The second kappa shape index (κ2) is 6.30. The molecule has 1 saturated carbocycles. The van der Waals surface area contributed by atoms with Crippen LogP contribution in [0.3, 0.4) is 0 Å². The Morgan fingerprint density at radius 2 is 1.94 bits per heavy atom. The average molecular weight is 241 g/mol. The van der Waals surface area contributed by atoms with Crippen molar-refractivity contribution in [2.45, 2.75) is 57.9 Å². The second-order valence-electron chi connectivity index (χ2n) is 5.71. The first-order chi connectivity index (χ1) is 7.85. The molecule has 2 aliphatic rings. The Kier molecular flexibility index (Phi) is 5.02. The summed E-state index contributed by atoms with van der Waals surface area (Å²) in [6.07, 6.45) is 10.1. The molecule has 1 nitrogen and oxygen atoms in total. The van der Waals surface area contributed by atoms with Crippen molar-refractivity contribution in [2.24, 2.45) is 11.8 Å². The maximum atomic E-state index is 4.49. The number of hydrogen-bond donors (Lipinski definition) is 1. The Labute approximate surface area is 106 Å². The first kappa shape index (κ1) is 12.8. The topological polar surface area (TPSA) is 3.24 Å². The van der Waals surface area contributed by atoms with E-state index in [1.54, 1.807) is 0 Å². The van der Waals surface area contributed by atoms with E-state index < -0.39 is 0 Å². The molecule has 0 amide bonds. The minimum absolute atomic E-state index is 0.809. The molecule has 1 aliphatic heterocycles. The van der Waals surface area contributed by atoms with Gasteiger partial charge in [-0.05, 0) is 49.8 Å². The summed E-state index contributed by atoms with van der Waals surface area (Å²) in [5.74, 6) is 2.90. The Hall–Kier alpha value is 0.310. The predicted molar refractivity (Wildman–Crippen MR) is 74.2 cm³/mol. The molecule has 2 rings (SSSR count). The number of thiol groups is 1. The largest absolute Gasteiger partial charge is 0.300 e. The lowest BCUT2D eigenvalue weighted by Crippen LogP contribution is -2.48. The highest BCUT2D eigenvalue weighted by Crippen LogP contribution is 2.35. The van der Waals surface area contributed by atoms with Crippen LogP contribution >= 0.6 is 12.6 Å². The smallest absolute Gasteiger partial charge is 0.0124 e. The molecular formula is C14H27NS. The first-order valence-corrected chi connectivity index (χ1v) is 7.83. The van der Waals surface area contributed by atoms with E-state index in [1.165, 1.54) is 58.0 Å². The molecule has 2 fully saturated rings. The van der Waals surface area contributed by atoms with Gasteiger partial charge in [0, 0.05) is 12.6 Å². The van der Waals surface area contributed by atoms with Gasteiger partial charge >= 0.3 is 0 Å². The van der Waals surface area contributed by atoms with Gasteiger partial charge in [-0.2, -0.15) is 12.6 Å². The van der Waals surface area contributed by atoms with Crippen LogP contribution in [-0.2, 0) is 0 Å². The van der Waals surface area contributed by atoms with Gasteiger partial charge in [-0.15, -0.1) is 0 Å². The van der Waals surface area contributed by atoms with Crippen LogP contribution in [0.1, 0.15) is 51.9 Å². The highest BCUT2D eigenvalue weighted by molar-refractivity contribution is 7.80. The van der Waals surface area contributed by atoms with Gasteiger partial charge in [0.25, 0.3) is 0 Å². The minimum atomic E-state index is 0.809. The van der Waals surface area contributed by atoms with Crippen molar-refractivity contribution in [3.05, 3.63) is 0 Å². The molecule has 0 spiro atoms. The van der Waals surface area contributed by atoms with E-state index in [2.05, 4.69) is 24.5 Å². The molecule has 0 N–H and O–H groups in total. The predicted octanol–water partition coefficient (Wildman–Crippen LogP) is 3.60. The molecule has 3 atom stereocenters. The normalized spacial score (nSPS) is 33.4. The van der Waals surface area contributed by atoms with Crippen LogP contribution in [0, 0.1) is 11.8 Å². The second-order valence-corrected chi connectivity index (χ2v) is 6.07. The molecular weight excluding hydrogens is 214 g/mol. The van der Waals surface area contributed by atoms with Crippen LogP contribution in [0.2, 0.25) is 0 Å². The number of rotatable bonds is 4. The number of fused-ring (bicyclic) bond motifs is 1. The lowest BCUT2D eigenvalue weighted by molar-refractivity contribution is 0.0501. The average Bonchev–Trinajstić information content (AvgIpc) is 2.36. The van der Waals surface area contributed by atoms with Crippen LogP contribution in [0.15, 0.2) is 0 Å². The van der Waals surface area contributed by atoms with Gasteiger partial charge in [0.2, 0.25) is 0 Å². The summed E-state index contributed by atoms with van der Waals surface area (Å²) >= 11 is 4.49. The van der Waals surface area contributed by atoms with E-state index in [0.29, 0.717) is 0 Å². The Morgan fingerprint density at radius 1 is 1.19 bits per heavy atom. The van der Waals surface area contributed by atoms with Gasteiger partial charge < -0.3 is 0 Å². The summed E-state index contributed by atoms with van der Waals surface area (Å²) in [7, 11) is 0. The number of hydrogen-bond acceptors (Lipinski definition) is 2. The lowest BCUT2D eigenvalue weighted by Gasteiger charge is -2.45. The third kappa shape index (κ3) is 2.95. The highest BCUT2D eigenvalue weighted by Gasteiger charge is 2.33. The third-order valence-electron chi connectivity index (χ3n) is 4.69. The number of likely N-dealkylation sites (tertiary alicyclic amines) is 1. The molecule has 0 bridgehead atoms. The fraction of sp³-hybridized carbons (Fsp3) is 1.00. The standard InChI is InChI=1S/C14H27NS/c1-2-12(11-16)10-15-9-5-7-13-6-3-4-8-14(13)15/h12-14,16H,2-11H2,1H3. The van der Waals surface area contributed by atoms with E-state index >= 15 is 0 Å². The minimum Gasteiger partial charge on any atom is -0.300 e. The van der Waals surface area contributed by atoms with E-state index in [9.17, 15) is 0 Å². The SMILES string of the molecule is CCC(CS)CN1CCCC2CCCCC21. The highest BCUT2D eigenvalue weighted by atomic mass is 32.1. The lowest BCUT2D eigenvalue weighted by atomic mass is 9.78. The fourth-order valence-electron chi connectivity index (χ4n) is 3.60. The summed E-state index contributed by atoms with van der Waals surface area (Å²) in [6.45, 7) is 4.97. The Bertz CT molecular complexity index is 201. The molecule has 0 aromatic carbocycles. The monoisotopic (exact) mass is 241 g/mol. The summed E-state index contributed by atoms with van der Waals surface area (Å²) in [4.78, 5) is 2.80. The van der Waals surface area contributed by atoms with Gasteiger partial charge in [-0.3, -0.25) is 4.90 Å². The van der Waals surface area contributed by atoms with Crippen LogP contribution < -0.4 is 0 Å². The van der Waals surface area contributed by atoms with Gasteiger partial charge in [0.1, 0.15) is 0 Å². The van der Waals surface area contributed by atoms with Crippen LogP contribution in [-0.4, -0.2) is 29.8 Å². The maximum absolute atomic E-state index is 4.49. The number of nitrogens with zero attached hydrogens (tertiary/aromatic N) is 1. The van der Waals surface area contributed by atoms with E-state index in [1.807, 2.05) is 0 Å². The molecule has 1 saturated heterocycles. The van der Waals surface area contributed by atoms with Gasteiger partial charge in [-0.25, -0.2) is 0 Å². The summed E-state index contributed by atoms with van der Waals surface area (Å²) < 4.78 is 0. The molecule has 0 aromatic rings. The maximum Gasteiger partial charge on any atom is 0.0124 e. The van der Waals surface area contributed by atoms with Crippen molar-refractivity contribution >= 4 is 12.6 Å². The molecule has 1 heterocycles. The zero-order valence-electron chi connectivity index (χ0n) is 10.7. The van der Waals surface area contributed by atoms with E-state index in [-0.39, 0.29) is 0 Å². The quantitative estimate of drug-likeness (QED) is 0.736. The number of piperidine rings is 1. The molecule has 16 heavy (non-hydrogen) atoms. The van der Waals surface area contributed by atoms with Crippen molar-refractivity contribution in [2.75, 3.05) is 18.8 Å². The van der Waals surface area contributed by atoms with Crippen LogP contribution in [0.4, 0.5) is 0 Å². The van der Waals surface area contributed by atoms with Crippen molar-refractivity contribution in [1.82, 2.24) is 4.90 Å². The molecule has 3 unspecified atom stereocenters. The van der Waals surface area contributed by atoms with E-state index in [4.69, 9.17) is 0 Å². The zero-order valence-corrected chi connectivity index (χ0v) is 11.6. The zero-order chi connectivity index (χ0) is 11.4. The Balaban J connectivity index is 1.91. The Morgan fingerprint density at radius 3 is 2.69 bits per heavy atom. The first-order valence-electron chi connectivity index (χ1n) is 7.20. The molecule has 0 radical (unpaired) electrons. The summed E-state index contributed by atoms with van der Waals surface area (Å²) in [5.41, 5.74) is 0. The third-order valence-corrected chi connectivity index (χ3v) is 5.20. The van der Waals surface area contributed by atoms with Crippen molar-refractivity contribution in [3.8, 4) is 0 Å². The van der Waals surface area contributed by atoms with Crippen molar-refractivity contribution < 1.29 is 0 Å². The summed E-state index contributed by atoms with van der Waals surface area (Å²) in [5, 5.41) is 0. The molecule has 2 heteroatoms. The fourth-order valence-corrected chi connectivity index (χ4v) is 3.98. The van der Waals surface area contributed by atoms with Crippen molar-refractivity contribution in [1.29, 1.82) is 0 Å². The molecule has 0 aromatic heterocycles. The van der Waals surface area contributed by atoms with Gasteiger partial charge in [-0.1, -0.05) is 26.2 Å². The molecule has 94 valence electrons. The van der Waals surface area contributed by atoms with Crippen LogP contribution in [0.5, 0.6) is 0 Å². The van der Waals surface area contributed by atoms with Gasteiger partial charge in [0.05, 0.1) is 0 Å². The van der Waals surface area contributed by atoms with Gasteiger partial charge in [0.15, 0.2) is 0 Å².